The van der Waals surface area contributed by atoms with Gasteiger partial charge in [0.15, 0.2) is 0 Å². The molecule has 3 nitrogen and oxygen atoms in total. The van der Waals surface area contributed by atoms with Crippen molar-refractivity contribution in [3.8, 4) is 0 Å². The van der Waals surface area contributed by atoms with Gasteiger partial charge in [0.1, 0.15) is 5.84 Å². The molecule has 20 heavy (non-hydrogen) atoms. The van der Waals surface area contributed by atoms with Crippen LogP contribution < -0.4 is 10.6 Å². The zero-order chi connectivity index (χ0) is 14.5. The SMILES string of the molecule is CCc1ccc(N(C)Cc2ccc(C(=N)N)cc2)cc1. The van der Waals surface area contributed by atoms with Gasteiger partial charge in [-0.1, -0.05) is 43.3 Å². The van der Waals surface area contributed by atoms with Crippen LogP contribution in [-0.4, -0.2) is 12.9 Å². The van der Waals surface area contributed by atoms with Gasteiger partial charge >= 0.3 is 0 Å². The third-order valence-corrected chi connectivity index (χ3v) is 3.47. The Hall–Kier alpha value is -2.29. The molecule has 0 aliphatic carbocycles. The van der Waals surface area contributed by atoms with Gasteiger partial charge in [0, 0.05) is 24.8 Å². The van der Waals surface area contributed by atoms with Crippen molar-refractivity contribution in [1.29, 1.82) is 5.41 Å². The predicted octanol–water partition coefficient (Wildman–Crippen LogP) is 3.17. The van der Waals surface area contributed by atoms with Crippen LogP contribution in [0.3, 0.4) is 0 Å². The molecular formula is C17H21N3. The first-order valence-corrected chi connectivity index (χ1v) is 6.83. The van der Waals surface area contributed by atoms with Crippen molar-refractivity contribution in [3.63, 3.8) is 0 Å². The normalized spacial score (nSPS) is 10.3. The van der Waals surface area contributed by atoms with Crippen LogP contribution in [0, 0.1) is 5.41 Å². The Kier molecular flexibility index (Phi) is 4.41. The van der Waals surface area contributed by atoms with Gasteiger partial charge in [-0.15, -0.1) is 0 Å². The Morgan fingerprint density at radius 1 is 1.00 bits per heavy atom. The number of nitrogens with one attached hydrogen (secondary N) is 1. The lowest BCUT2D eigenvalue weighted by molar-refractivity contribution is 0.921. The van der Waals surface area contributed by atoms with Gasteiger partial charge in [-0.2, -0.15) is 0 Å². The second-order valence-electron chi connectivity index (χ2n) is 4.99. The van der Waals surface area contributed by atoms with Gasteiger partial charge < -0.3 is 10.6 Å². The first-order valence-electron chi connectivity index (χ1n) is 6.83. The van der Waals surface area contributed by atoms with Crippen LogP contribution in [-0.2, 0) is 13.0 Å². The standard InChI is InChI=1S/C17H21N3/c1-3-13-6-10-16(11-7-13)20(2)12-14-4-8-15(9-5-14)17(18)19/h4-11H,3,12H2,1-2H3,(H3,18,19). The molecule has 2 aromatic carbocycles. The lowest BCUT2D eigenvalue weighted by Gasteiger charge is -2.20. The van der Waals surface area contributed by atoms with Crippen LogP contribution in [0.25, 0.3) is 0 Å². The summed E-state index contributed by atoms with van der Waals surface area (Å²) in [5, 5.41) is 7.39. The molecule has 0 bridgehead atoms. The molecule has 3 N–H and O–H groups in total. The fraction of sp³-hybridized carbons (Fsp3) is 0.235. The van der Waals surface area contributed by atoms with E-state index >= 15 is 0 Å². The van der Waals surface area contributed by atoms with E-state index in [-0.39, 0.29) is 5.84 Å². The molecule has 0 unspecified atom stereocenters. The third-order valence-electron chi connectivity index (χ3n) is 3.47. The van der Waals surface area contributed by atoms with Crippen molar-refractivity contribution in [3.05, 3.63) is 65.2 Å². The van der Waals surface area contributed by atoms with Crippen molar-refractivity contribution in [2.75, 3.05) is 11.9 Å². The average molecular weight is 267 g/mol. The van der Waals surface area contributed by atoms with E-state index in [2.05, 4.69) is 43.1 Å². The van der Waals surface area contributed by atoms with E-state index in [1.165, 1.54) is 16.8 Å². The van der Waals surface area contributed by atoms with Crippen LogP contribution >= 0.6 is 0 Å². The molecule has 0 fully saturated rings. The Balaban J connectivity index is 2.06. The molecule has 2 aromatic rings. The number of aryl methyl sites for hydroxylation is 1. The molecular weight excluding hydrogens is 246 g/mol. The second-order valence-corrected chi connectivity index (χ2v) is 4.99. The minimum atomic E-state index is 0.111. The van der Waals surface area contributed by atoms with Crippen molar-refractivity contribution in [2.45, 2.75) is 19.9 Å². The summed E-state index contributed by atoms with van der Waals surface area (Å²) in [6.45, 7) is 3.00. The van der Waals surface area contributed by atoms with E-state index in [1.54, 1.807) is 0 Å². The van der Waals surface area contributed by atoms with Gasteiger partial charge in [0.25, 0.3) is 0 Å². The van der Waals surface area contributed by atoms with Gasteiger partial charge in [0.2, 0.25) is 0 Å². The van der Waals surface area contributed by atoms with E-state index in [4.69, 9.17) is 11.1 Å². The number of amidine groups is 1. The van der Waals surface area contributed by atoms with Crippen LogP contribution in [0.1, 0.15) is 23.6 Å². The van der Waals surface area contributed by atoms with Crippen LogP contribution in [0.15, 0.2) is 48.5 Å². The van der Waals surface area contributed by atoms with Crippen molar-refractivity contribution < 1.29 is 0 Å². The minimum Gasteiger partial charge on any atom is -0.384 e. The lowest BCUT2D eigenvalue weighted by Crippen LogP contribution is -2.16. The van der Waals surface area contributed by atoms with E-state index in [1.807, 2.05) is 24.3 Å². The monoisotopic (exact) mass is 267 g/mol. The number of anilines is 1. The molecule has 0 spiro atoms. The van der Waals surface area contributed by atoms with Gasteiger partial charge in [-0.05, 0) is 29.7 Å². The summed E-state index contributed by atoms with van der Waals surface area (Å²) in [5.41, 5.74) is 9.99. The summed E-state index contributed by atoms with van der Waals surface area (Å²) in [6.07, 6.45) is 1.07. The smallest absolute Gasteiger partial charge is 0.122 e. The highest BCUT2D eigenvalue weighted by atomic mass is 15.1. The van der Waals surface area contributed by atoms with Crippen LogP contribution in [0.5, 0.6) is 0 Å². The summed E-state index contributed by atoms with van der Waals surface area (Å²) in [4.78, 5) is 2.21. The molecule has 0 aromatic heterocycles. The first-order chi connectivity index (χ1) is 9.60. The number of nitrogens with zero attached hydrogens (tertiary/aromatic N) is 1. The number of hydrogen-bond donors (Lipinski definition) is 2. The van der Waals surface area contributed by atoms with E-state index < -0.39 is 0 Å². The maximum atomic E-state index is 7.39. The zero-order valence-electron chi connectivity index (χ0n) is 12.1. The highest BCUT2D eigenvalue weighted by Gasteiger charge is 2.03. The molecule has 0 amide bonds. The minimum absolute atomic E-state index is 0.111. The third kappa shape index (κ3) is 3.38. The fourth-order valence-electron chi connectivity index (χ4n) is 2.14. The maximum absolute atomic E-state index is 7.39. The average Bonchev–Trinajstić information content (AvgIpc) is 2.48. The highest BCUT2D eigenvalue weighted by Crippen LogP contribution is 2.17. The molecule has 2 rings (SSSR count). The highest BCUT2D eigenvalue weighted by molar-refractivity contribution is 5.94. The number of nitrogen functional groups attached to an aromatic ring is 1. The van der Waals surface area contributed by atoms with Crippen molar-refractivity contribution >= 4 is 11.5 Å². The summed E-state index contributed by atoms with van der Waals surface area (Å²) in [6, 6.07) is 16.5. The molecule has 0 heterocycles. The van der Waals surface area contributed by atoms with Gasteiger partial charge in [-0.3, -0.25) is 5.41 Å². The summed E-state index contributed by atoms with van der Waals surface area (Å²) < 4.78 is 0. The van der Waals surface area contributed by atoms with Crippen LogP contribution in [0.2, 0.25) is 0 Å². The van der Waals surface area contributed by atoms with Gasteiger partial charge in [-0.25, -0.2) is 0 Å². The lowest BCUT2D eigenvalue weighted by atomic mass is 10.1. The summed E-state index contributed by atoms with van der Waals surface area (Å²) >= 11 is 0. The molecule has 0 saturated heterocycles. The van der Waals surface area contributed by atoms with E-state index in [0.29, 0.717) is 0 Å². The van der Waals surface area contributed by atoms with E-state index in [0.717, 1.165) is 18.5 Å². The Morgan fingerprint density at radius 3 is 2.05 bits per heavy atom. The molecule has 0 saturated carbocycles. The largest absolute Gasteiger partial charge is 0.384 e. The molecule has 0 atom stereocenters. The Morgan fingerprint density at radius 2 is 1.55 bits per heavy atom. The summed E-state index contributed by atoms with van der Waals surface area (Å²) in [7, 11) is 2.08. The number of rotatable bonds is 5. The molecule has 104 valence electrons. The fourth-order valence-corrected chi connectivity index (χ4v) is 2.14. The quantitative estimate of drug-likeness (QED) is 0.646. The van der Waals surface area contributed by atoms with Crippen LogP contribution in [0.4, 0.5) is 5.69 Å². The maximum Gasteiger partial charge on any atom is 0.122 e. The second kappa shape index (κ2) is 6.24. The molecule has 3 heteroatoms. The number of benzene rings is 2. The van der Waals surface area contributed by atoms with Crippen molar-refractivity contribution in [2.24, 2.45) is 5.73 Å². The zero-order valence-corrected chi connectivity index (χ0v) is 12.1. The van der Waals surface area contributed by atoms with Gasteiger partial charge in [0.05, 0.1) is 0 Å². The first kappa shape index (κ1) is 14.1. The predicted molar refractivity (Wildman–Crippen MR) is 85.4 cm³/mol. The molecule has 0 aliphatic heterocycles. The van der Waals surface area contributed by atoms with Crippen molar-refractivity contribution in [1.82, 2.24) is 0 Å². The Labute approximate surface area is 120 Å². The summed E-state index contributed by atoms with van der Waals surface area (Å²) in [5.74, 6) is 0.111. The van der Waals surface area contributed by atoms with E-state index in [9.17, 15) is 0 Å². The molecule has 0 radical (unpaired) electrons. The Bertz CT molecular complexity index is 570. The number of nitrogens with two attached hydrogens (primary N) is 1. The number of hydrogen-bond acceptors (Lipinski definition) is 2. The topological polar surface area (TPSA) is 53.1 Å². The molecule has 0 aliphatic rings.